The van der Waals surface area contributed by atoms with Gasteiger partial charge in [-0.1, -0.05) is 30.3 Å². The summed E-state index contributed by atoms with van der Waals surface area (Å²) in [7, 11) is 0. The summed E-state index contributed by atoms with van der Waals surface area (Å²) >= 11 is 0. The van der Waals surface area contributed by atoms with Crippen LogP contribution in [0.2, 0.25) is 0 Å². The summed E-state index contributed by atoms with van der Waals surface area (Å²) in [5, 5.41) is 8.81. The Morgan fingerprint density at radius 2 is 1.61 bits per heavy atom. The van der Waals surface area contributed by atoms with Crippen LogP contribution in [0.15, 0.2) is 30.3 Å². The van der Waals surface area contributed by atoms with Crippen molar-refractivity contribution in [3.8, 4) is 0 Å². The average Bonchev–Trinajstić information content (AvgIpc) is 2.43. The predicted octanol–water partition coefficient (Wildman–Crippen LogP) is 2.70. The fourth-order valence-electron chi connectivity index (χ4n) is 1.54. The minimum Gasteiger partial charge on any atom is -0.479 e. The second-order valence-electron chi connectivity index (χ2n) is 5.79. The third-order valence-corrected chi connectivity index (χ3v) is 2.56. The average molecular weight is 324 g/mol. The number of carboxylic acid groups (broad SMARTS) is 1. The molecule has 0 amide bonds. The summed E-state index contributed by atoms with van der Waals surface area (Å²) in [6, 6.07) is 8.13. The third kappa shape index (κ3) is 6.37. The van der Waals surface area contributed by atoms with Crippen molar-refractivity contribution in [3.63, 3.8) is 0 Å². The molecule has 126 valence electrons. The summed E-state index contributed by atoms with van der Waals surface area (Å²) in [5.41, 5.74) is -0.447. The number of carboxylic acids is 1. The van der Waals surface area contributed by atoms with E-state index in [9.17, 15) is 14.4 Å². The zero-order valence-electron chi connectivity index (χ0n) is 13.4. The molecular formula is C16H20O7. The Kier molecular flexibility index (Phi) is 6.12. The normalized spacial score (nSPS) is 13.6. The van der Waals surface area contributed by atoms with E-state index in [0.29, 0.717) is 5.56 Å². The van der Waals surface area contributed by atoms with Crippen molar-refractivity contribution in [2.75, 3.05) is 0 Å². The van der Waals surface area contributed by atoms with Crippen LogP contribution in [0.1, 0.15) is 39.4 Å². The van der Waals surface area contributed by atoms with Crippen molar-refractivity contribution in [1.29, 1.82) is 0 Å². The first-order chi connectivity index (χ1) is 10.6. The van der Waals surface area contributed by atoms with Crippen LogP contribution in [-0.2, 0) is 23.8 Å². The molecule has 1 N–H and O–H groups in total. The van der Waals surface area contributed by atoms with E-state index in [2.05, 4.69) is 0 Å². The van der Waals surface area contributed by atoms with Crippen LogP contribution in [0.25, 0.3) is 0 Å². The van der Waals surface area contributed by atoms with E-state index in [4.69, 9.17) is 19.3 Å². The van der Waals surface area contributed by atoms with E-state index in [1.807, 2.05) is 0 Å². The summed E-state index contributed by atoms with van der Waals surface area (Å²) in [6.07, 6.45) is -3.82. The lowest BCUT2D eigenvalue weighted by atomic mass is 10.1. The molecule has 0 heterocycles. The standard InChI is InChI=1S/C16H20O7/c1-10(13(17)18)21-14(19)12(11-8-6-5-7-9-11)22-15(20)23-16(2,3)4/h5-10,12H,1-4H3,(H,17,18)/t10-,12-/m0/s1. The summed E-state index contributed by atoms with van der Waals surface area (Å²) in [4.78, 5) is 34.7. The Bertz CT molecular complexity index is 560. The maximum absolute atomic E-state index is 12.1. The molecule has 0 bridgehead atoms. The Labute approximate surface area is 134 Å². The lowest BCUT2D eigenvalue weighted by Gasteiger charge is -2.22. The van der Waals surface area contributed by atoms with Gasteiger partial charge in [-0.3, -0.25) is 0 Å². The number of aliphatic carboxylic acids is 1. The molecule has 0 fully saturated rings. The lowest BCUT2D eigenvalue weighted by Crippen LogP contribution is -2.31. The maximum atomic E-state index is 12.1. The second kappa shape index (κ2) is 7.62. The molecule has 7 heteroatoms. The number of hydrogen-bond acceptors (Lipinski definition) is 6. The molecule has 0 unspecified atom stereocenters. The zero-order chi connectivity index (χ0) is 17.6. The Morgan fingerprint density at radius 1 is 1.04 bits per heavy atom. The number of esters is 1. The van der Waals surface area contributed by atoms with Crippen molar-refractivity contribution in [1.82, 2.24) is 0 Å². The van der Waals surface area contributed by atoms with Gasteiger partial charge in [0.2, 0.25) is 6.10 Å². The molecule has 0 aliphatic heterocycles. The molecule has 0 aliphatic carbocycles. The molecule has 0 saturated heterocycles. The van der Waals surface area contributed by atoms with E-state index < -0.39 is 35.9 Å². The molecular weight excluding hydrogens is 304 g/mol. The van der Waals surface area contributed by atoms with Crippen LogP contribution < -0.4 is 0 Å². The number of carbonyl (C=O) groups is 3. The smallest absolute Gasteiger partial charge is 0.479 e. The number of hydrogen-bond donors (Lipinski definition) is 1. The molecule has 0 saturated carbocycles. The highest BCUT2D eigenvalue weighted by atomic mass is 16.7. The predicted molar refractivity (Wildman–Crippen MR) is 79.7 cm³/mol. The quantitative estimate of drug-likeness (QED) is 0.831. The van der Waals surface area contributed by atoms with Crippen LogP contribution in [0.3, 0.4) is 0 Å². The van der Waals surface area contributed by atoms with E-state index >= 15 is 0 Å². The molecule has 1 rings (SSSR count). The number of rotatable bonds is 5. The van der Waals surface area contributed by atoms with Crippen LogP contribution in [0, 0.1) is 0 Å². The number of ether oxygens (including phenoxy) is 3. The SMILES string of the molecule is C[C@H](OC(=O)[C@@H](OC(=O)OC(C)(C)C)c1ccccc1)C(=O)O. The van der Waals surface area contributed by atoms with Gasteiger partial charge in [0.15, 0.2) is 6.10 Å². The summed E-state index contributed by atoms with van der Waals surface area (Å²) in [5.74, 6) is -2.29. The number of benzene rings is 1. The van der Waals surface area contributed by atoms with Gasteiger partial charge < -0.3 is 19.3 Å². The van der Waals surface area contributed by atoms with Gasteiger partial charge in [0.1, 0.15) is 5.60 Å². The lowest BCUT2D eigenvalue weighted by molar-refractivity contribution is -0.170. The van der Waals surface area contributed by atoms with Gasteiger partial charge in [-0.25, -0.2) is 14.4 Å². The van der Waals surface area contributed by atoms with Gasteiger partial charge in [-0.2, -0.15) is 0 Å². The molecule has 0 aromatic heterocycles. The van der Waals surface area contributed by atoms with Gasteiger partial charge in [-0.15, -0.1) is 0 Å². The van der Waals surface area contributed by atoms with E-state index in [0.717, 1.165) is 0 Å². The van der Waals surface area contributed by atoms with Crippen molar-refractivity contribution in [3.05, 3.63) is 35.9 Å². The fourth-order valence-corrected chi connectivity index (χ4v) is 1.54. The first kappa shape index (κ1) is 18.5. The second-order valence-corrected chi connectivity index (χ2v) is 5.79. The van der Waals surface area contributed by atoms with Crippen molar-refractivity contribution >= 4 is 18.1 Å². The van der Waals surface area contributed by atoms with Gasteiger partial charge in [0.25, 0.3) is 0 Å². The number of carbonyl (C=O) groups excluding carboxylic acids is 2. The minimum absolute atomic E-state index is 0.348. The highest BCUT2D eigenvalue weighted by Crippen LogP contribution is 2.22. The molecule has 0 radical (unpaired) electrons. The molecule has 0 spiro atoms. The Hall–Kier alpha value is -2.57. The van der Waals surface area contributed by atoms with Crippen molar-refractivity contribution in [2.45, 2.75) is 45.5 Å². The van der Waals surface area contributed by atoms with Crippen LogP contribution >= 0.6 is 0 Å². The van der Waals surface area contributed by atoms with Crippen molar-refractivity contribution in [2.24, 2.45) is 0 Å². The van der Waals surface area contributed by atoms with E-state index in [1.54, 1.807) is 51.1 Å². The third-order valence-electron chi connectivity index (χ3n) is 2.56. The van der Waals surface area contributed by atoms with Gasteiger partial charge in [-0.05, 0) is 27.7 Å². The summed E-state index contributed by atoms with van der Waals surface area (Å²) in [6.45, 7) is 6.15. The highest BCUT2D eigenvalue weighted by molar-refractivity contribution is 5.82. The fraction of sp³-hybridized carbons (Fsp3) is 0.438. The monoisotopic (exact) mass is 324 g/mol. The zero-order valence-corrected chi connectivity index (χ0v) is 13.4. The molecule has 2 atom stereocenters. The molecule has 23 heavy (non-hydrogen) atoms. The van der Waals surface area contributed by atoms with Crippen LogP contribution in [-0.4, -0.2) is 34.9 Å². The van der Waals surface area contributed by atoms with E-state index in [-0.39, 0.29) is 0 Å². The Balaban J connectivity index is 2.92. The first-order valence-electron chi connectivity index (χ1n) is 6.98. The molecule has 1 aromatic carbocycles. The van der Waals surface area contributed by atoms with E-state index in [1.165, 1.54) is 6.92 Å². The first-order valence-corrected chi connectivity index (χ1v) is 6.98. The Morgan fingerprint density at radius 3 is 2.09 bits per heavy atom. The topological polar surface area (TPSA) is 99.1 Å². The molecule has 0 aliphatic rings. The molecule has 1 aromatic rings. The van der Waals surface area contributed by atoms with Gasteiger partial charge in [0.05, 0.1) is 0 Å². The van der Waals surface area contributed by atoms with Crippen molar-refractivity contribution < 1.29 is 33.7 Å². The van der Waals surface area contributed by atoms with Crippen LogP contribution in [0.5, 0.6) is 0 Å². The minimum atomic E-state index is -1.41. The summed E-state index contributed by atoms with van der Waals surface area (Å²) < 4.78 is 14.8. The molecule has 7 nitrogen and oxygen atoms in total. The maximum Gasteiger partial charge on any atom is 0.509 e. The van der Waals surface area contributed by atoms with Crippen LogP contribution in [0.4, 0.5) is 4.79 Å². The largest absolute Gasteiger partial charge is 0.509 e. The van der Waals surface area contributed by atoms with Gasteiger partial charge in [0, 0.05) is 5.56 Å². The van der Waals surface area contributed by atoms with Gasteiger partial charge >= 0.3 is 18.1 Å². The highest BCUT2D eigenvalue weighted by Gasteiger charge is 2.31.